The summed E-state index contributed by atoms with van der Waals surface area (Å²) in [5.41, 5.74) is 3.03. The highest BCUT2D eigenvalue weighted by atomic mass is 16.5. The molecular formula is C22H20N4O2. The zero-order valence-electron chi connectivity index (χ0n) is 15.6. The number of para-hydroxylation sites is 2. The van der Waals surface area contributed by atoms with Crippen molar-refractivity contribution in [3.63, 3.8) is 0 Å². The van der Waals surface area contributed by atoms with Gasteiger partial charge in [0.25, 0.3) is 5.91 Å². The van der Waals surface area contributed by atoms with E-state index in [4.69, 9.17) is 10.00 Å². The minimum absolute atomic E-state index is 0.0469. The monoisotopic (exact) mass is 372 g/mol. The molecule has 0 fully saturated rings. The zero-order valence-corrected chi connectivity index (χ0v) is 15.6. The number of hydrogen-bond donors (Lipinski definition) is 2. The highest BCUT2D eigenvalue weighted by Gasteiger charge is 2.10. The molecule has 0 aliphatic rings. The highest BCUT2D eigenvalue weighted by Crippen LogP contribution is 2.28. The summed E-state index contributed by atoms with van der Waals surface area (Å²) in [6, 6.07) is 18.0. The Bertz CT molecular complexity index is 1010. The number of nitrogens with zero attached hydrogens (tertiary/aromatic N) is 2. The van der Waals surface area contributed by atoms with Crippen LogP contribution >= 0.6 is 0 Å². The van der Waals surface area contributed by atoms with E-state index in [1.165, 1.54) is 6.20 Å². The Labute approximate surface area is 163 Å². The van der Waals surface area contributed by atoms with Crippen LogP contribution in [-0.4, -0.2) is 17.0 Å². The first-order valence-corrected chi connectivity index (χ1v) is 8.84. The van der Waals surface area contributed by atoms with E-state index in [2.05, 4.69) is 15.6 Å². The lowest BCUT2D eigenvalue weighted by Gasteiger charge is -2.15. The van der Waals surface area contributed by atoms with Crippen LogP contribution in [0.1, 0.15) is 29.8 Å². The zero-order chi connectivity index (χ0) is 19.9. The number of nitrogens with one attached hydrogen (secondary N) is 2. The molecule has 1 aromatic heterocycles. The SMILES string of the molecule is CC(C)Oc1ccccc1Nc1cncc(C(=O)Nc2ccc(C#N)cc2)c1. The number of pyridine rings is 1. The van der Waals surface area contributed by atoms with Gasteiger partial charge in [0.2, 0.25) is 0 Å². The average Bonchev–Trinajstić information content (AvgIpc) is 2.70. The Balaban J connectivity index is 1.75. The fourth-order valence-electron chi connectivity index (χ4n) is 2.55. The van der Waals surface area contributed by atoms with Gasteiger partial charge in [-0.3, -0.25) is 9.78 Å². The summed E-state index contributed by atoms with van der Waals surface area (Å²) in [6.07, 6.45) is 3.19. The van der Waals surface area contributed by atoms with Crippen molar-refractivity contribution in [2.24, 2.45) is 0 Å². The van der Waals surface area contributed by atoms with E-state index in [1.54, 1.807) is 36.5 Å². The summed E-state index contributed by atoms with van der Waals surface area (Å²) in [5, 5.41) is 14.9. The lowest BCUT2D eigenvalue weighted by molar-refractivity contribution is 0.102. The summed E-state index contributed by atoms with van der Waals surface area (Å²) >= 11 is 0. The van der Waals surface area contributed by atoms with Gasteiger partial charge in [0.05, 0.1) is 40.9 Å². The molecule has 0 spiro atoms. The van der Waals surface area contributed by atoms with Gasteiger partial charge in [-0.05, 0) is 56.3 Å². The third-order valence-corrected chi connectivity index (χ3v) is 3.80. The Morgan fingerprint density at radius 2 is 1.82 bits per heavy atom. The first-order chi connectivity index (χ1) is 13.5. The summed E-state index contributed by atoms with van der Waals surface area (Å²) < 4.78 is 5.81. The molecule has 28 heavy (non-hydrogen) atoms. The van der Waals surface area contributed by atoms with Crippen molar-refractivity contribution in [3.8, 4) is 11.8 Å². The third-order valence-electron chi connectivity index (χ3n) is 3.80. The van der Waals surface area contributed by atoms with Crippen molar-refractivity contribution in [2.45, 2.75) is 20.0 Å². The molecule has 0 saturated heterocycles. The maximum Gasteiger partial charge on any atom is 0.257 e. The number of anilines is 3. The van der Waals surface area contributed by atoms with Gasteiger partial charge >= 0.3 is 0 Å². The van der Waals surface area contributed by atoms with Crippen LogP contribution < -0.4 is 15.4 Å². The van der Waals surface area contributed by atoms with Crippen LogP contribution in [0.4, 0.5) is 17.1 Å². The van der Waals surface area contributed by atoms with Crippen LogP contribution in [-0.2, 0) is 0 Å². The van der Waals surface area contributed by atoms with Crippen LogP contribution in [0.15, 0.2) is 67.0 Å². The van der Waals surface area contributed by atoms with Gasteiger partial charge in [-0.25, -0.2) is 0 Å². The molecule has 0 aliphatic heterocycles. The number of ether oxygens (including phenoxy) is 1. The Morgan fingerprint density at radius 3 is 2.54 bits per heavy atom. The van der Waals surface area contributed by atoms with Crippen LogP contribution in [0.5, 0.6) is 5.75 Å². The van der Waals surface area contributed by atoms with Crippen molar-refractivity contribution in [1.29, 1.82) is 5.26 Å². The summed E-state index contributed by atoms with van der Waals surface area (Å²) in [7, 11) is 0. The molecule has 3 aromatic rings. The summed E-state index contributed by atoms with van der Waals surface area (Å²) in [6.45, 7) is 3.93. The molecule has 3 rings (SSSR count). The number of nitriles is 1. The van der Waals surface area contributed by atoms with E-state index in [9.17, 15) is 4.79 Å². The van der Waals surface area contributed by atoms with Crippen molar-refractivity contribution < 1.29 is 9.53 Å². The van der Waals surface area contributed by atoms with E-state index >= 15 is 0 Å². The predicted octanol–water partition coefficient (Wildman–Crippen LogP) is 4.74. The molecule has 2 N–H and O–H groups in total. The molecule has 6 nitrogen and oxygen atoms in total. The molecule has 2 aromatic carbocycles. The van der Waals surface area contributed by atoms with E-state index in [0.29, 0.717) is 22.5 Å². The van der Waals surface area contributed by atoms with E-state index in [1.807, 2.05) is 44.2 Å². The first-order valence-electron chi connectivity index (χ1n) is 8.84. The van der Waals surface area contributed by atoms with Crippen molar-refractivity contribution >= 4 is 23.0 Å². The fraction of sp³-hybridized carbons (Fsp3) is 0.136. The van der Waals surface area contributed by atoms with Gasteiger partial charge in [-0.15, -0.1) is 0 Å². The van der Waals surface area contributed by atoms with Crippen LogP contribution in [0.2, 0.25) is 0 Å². The molecule has 0 aliphatic carbocycles. The molecule has 0 saturated carbocycles. The third kappa shape index (κ3) is 4.86. The molecule has 0 atom stereocenters. The molecule has 0 unspecified atom stereocenters. The molecule has 6 heteroatoms. The minimum atomic E-state index is -0.285. The number of amides is 1. The number of aromatic nitrogens is 1. The predicted molar refractivity (Wildman–Crippen MR) is 109 cm³/mol. The van der Waals surface area contributed by atoms with Gasteiger partial charge < -0.3 is 15.4 Å². The largest absolute Gasteiger partial charge is 0.489 e. The molecule has 140 valence electrons. The fourth-order valence-corrected chi connectivity index (χ4v) is 2.55. The van der Waals surface area contributed by atoms with Crippen LogP contribution in [0.3, 0.4) is 0 Å². The maximum atomic E-state index is 12.5. The average molecular weight is 372 g/mol. The van der Waals surface area contributed by atoms with Crippen molar-refractivity contribution in [2.75, 3.05) is 10.6 Å². The quantitative estimate of drug-likeness (QED) is 0.653. The minimum Gasteiger partial charge on any atom is -0.489 e. The lowest BCUT2D eigenvalue weighted by Crippen LogP contribution is -2.12. The normalized spacial score (nSPS) is 10.2. The second-order valence-electron chi connectivity index (χ2n) is 6.39. The van der Waals surface area contributed by atoms with Crippen LogP contribution in [0, 0.1) is 11.3 Å². The van der Waals surface area contributed by atoms with Gasteiger partial charge in [-0.1, -0.05) is 12.1 Å². The first kappa shape index (κ1) is 18.9. The van der Waals surface area contributed by atoms with Gasteiger partial charge in [0, 0.05) is 11.9 Å². The van der Waals surface area contributed by atoms with Gasteiger partial charge in [-0.2, -0.15) is 5.26 Å². The second kappa shape index (κ2) is 8.69. The standard InChI is InChI=1S/C22H20N4O2/c1-15(2)28-21-6-4-3-5-20(21)25-19-11-17(13-24-14-19)22(27)26-18-9-7-16(12-23)8-10-18/h3-11,13-15,25H,1-2H3,(H,26,27). The van der Waals surface area contributed by atoms with E-state index in [-0.39, 0.29) is 12.0 Å². The van der Waals surface area contributed by atoms with Crippen LogP contribution in [0.25, 0.3) is 0 Å². The Kier molecular flexibility index (Phi) is 5.87. The van der Waals surface area contributed by atoms with Crippen molar-refractivity contribution in [3.05, 3.63) is 78.1 Å². The van der Waals surface area contributed by atoms with Gasteiger partial charge in [0.15, 0.2) is 0 Å². The number of carbonyl (C=O) groups is 1. The highest BCUT2D eigenvalue weighted by molar-refractivity contribution is 6.04. The maximum absolute atomic E-state index is 12.5. The molecule has 1 heterocycles. The summed E-state index contributed by atoms with van der Waals surface area (Å²) in [4.78, 5) is 16.7. The topological polar surface area (TPSA) is 87.0 Å². The molecular weight excluding hydrogens is 352 g/mol. The Hall–Kier alpha value is -3.85. The molecule has 0 bridgehead atoms. The smallest absolute Gasteiger partial charge is 0.257 e. The second-order valence-corrected chi connectivity index (χ2v) is 6.39. The number of rotatable bonds is 6. The van der Waals surface area contributed by atoms with Gasteiger partial charge in [0.1, 0.15) is 5.75 Å². The number of benzene rings is 2. The number of carbonyl (C=O) groups excluding carboxylic acids is 1. The van der Waals surface area contributed by atoms with E-state index < -0.39 is 0 Å². The lowest BCUT2D eigenvalue weighted by atomic mass is 10.2. The molecule has 1 amide bonds. The summed E-state index contributed by atoms with van der Waals surface area (Å²) in [5.74, 6) is 0.442. The molecule has 0 radical (unpaired) electrons. The Morgan fingerprint density at radius 1 is 1.07 bits per heavy atom. The van der Waals surface area contributed by atoms with Crippen molar-refractivity contribution in [1.82, 2.24) is 4.98 Å². The van der Waals surface area contributed by atoms with E-state index in [0.717, 1.165) is 11.4 Å². The number of hydrogen-bond acceptors (Lipinski definition) is 5.